The van der Waals surface area contributed by atoms with E-state index in [1.54, 1.807) is 18.3 Å². The number of nitrogens with zero attached hydrogens (tertiary/aromatic N) is 6. The fraction of sp³-hybridized carbons (Fsp3) is 0.480. The molecule has 0 bridgehead atoms. The SMILES string of the molecule is O=C(CC1CCN(Cc2ccc(OC(F)(F)F)cc2)CC1)Nc1nnc(N[C@@H]2CCN(c3cccnn3)C2)s1. The Morgan fingerprint density at radius 2 is 1.79 bits per heavy atom. The van der Waals surface area contributed by atoms with Gasteiger partial charge in [-0.3, -0.25) is 9.69 Å². The molecule has 1 atom stereocenters. The number of nitrogens with one attached hydrogen (secondary N) is 2. The van der Waals surface area contributed by atoms with E-state index in [9.17, 15) is 18.0 Å². The molecule has 2 aliphatic rings. The summed E-state index contributed by atoms with van der Waals surface area (Å²) in [4.78, 5) is 17.0. The Labute approximate surface area is 227 Å². The molecule has 0 spiro atoms. The van der Waals surface area contributed by atoms with Gasteiger partial charge in [-0.2, -0.15) is 5.10 Å². The number of amides is 1. The lowest BCUT2D eigenvalue weighted by Crippen LogP contribution is -2.34. The average Bonchev–Trinajstić information content (AvgIpc) is 3.56. The Morgan fingerprint density at radius 1 is 1.03 bits per heavy atom. The number of benzene rings is 1. The van der Waals surface area contributed by atoms with Crippen molar-refractivity contribution >= 4 is 33.3 Å². The van der Waals surface area contributed by atoms with E-state index in [-0.39, 0.29) is 23.6 Å². The molecule has 0 unspecified atom stereocenters. The van der Waals surface area contributed by atoms with E-state index in [0.717, 1.165) is 56.8 Å². The van der Waals surface area contributed by atoms with Crippen molar-refractivity contribution in [3.63, 3.8) is 0 Å². The van der Waals surface area contributed by atoms with Crippen LogP contribution in [0.4, 0.5) is 29.3 Å². The number of piperidine rings is 1. The summed E-state index contributed by atoms with van der Waals surface area (Å²) in [6.07, 6.45) is 0.0542. The molecule has 2 aliphatic heterocycles. The van der Waals surface area contributed by atoms with Crippen LogP contribution in [0.15, 0.2) is 42.6 Å². The van der Waals surface area contributed by atoms with Crippen LogP contribution in [0, 0.1) is 5.92 Å². The van der Waals surface area contributed by atoms with Crippen LogP contribution in [0.2, 0.25) is 0 Å². The van der Waals surface area contributed by atoms with Gasteiger partial charge in [-0.1, -0.05) is 23.5 Å². The topological polar surface area (TPSA) is 108 Å². The van der Waals surface area contributed by atoms with Gasteiger partial charge in [0.25, 0.3) is 0 Å². The molecule has 5 rings (SSSR count). The van der Waals surface area contributed by atoms with Crippen molar-refractivity contribution in [3.05, 3.63) is 48.2 Å². The van der Waals surface area contributed by atoms with Crippen LogP contribution in [0.1, 0.15) is 31.2 Å². The van der Waals surface area contributed by atoms with E-state index in [1.165, 1.54) is 23.5 Å². The van der Waals surface area contributed by atoms with Crippen LogP contribution in [-0.2, 0) is 11.3 Å². The summed E-state index contributed by atoms with van der Waals surface area (Å²) in [5, 5.41) is 23.8. The van der Waals surface area contributed by atoms with Crippen molar-refractivity contribution in [3.8, 4) is 5.75 Å². The first-order chi connectivity index (χ1) is 18.8. The van der Waals surface area contributed by atoms with Crippen LogP contribution in [0.25, 0.3) is 0 Å². The second kappa shape index (κ2) is 12.1. The number of aromatic nitrogens is 4. The third-order valence-electron chi connectivity index (χ3n) is 6.81. The second-order valence-electron chi connectivity index (χ2n) is 9.73. The first kappa shape index (κ1) is 27.1. The molecule has 208 valence electrons. The first-order valence-corrected chi connectivity index (χ1v) is 13.6. The third-order valence-corrected chi connectivity index (χ3v) is 7.58. The summed E-state index contributed by atoms with van der Waals surface area (Å²) in [6, 6.07) is 9.97. The van der Waals surface area contributed by atoms with Crippen molar-refractivity contribution in [1.82, 2.24) is 25.3 Å². The molecule has 14 heteroatoms. The smallest absolute Gasteiger partial charge is 0.406 e. The van der Waals surface area contributed by atoms with Gasteiger partial charge in [0, 0.05) is 38.3 Å². The van der Waals surface area contributed by atoms with Crippen molar-refractivity contribution in [2.45, 2.75) is 44.6 Å². The molecule has 2 N–H and O–H groups in total. The van der Waals surface area contributed by atoms with E-state index in [2.05, 4.69) is 45.6 Å². The Hall–Kier alpha value is -3.52. The number of anilines is 3. The minimum Gasteiger partial charge on any atom is -0.406 e. The molecule has 2 fully saturated rings. The highest BCUT2D eigenvalue weighted by Gasteiger charge is 2.31. The zero-order valence-electron chi connectivity index (χ0n) is 21.1. The number of alkyl halides is 3. The van der Waals surface area contributed by atoms with Crippen molar-refractivity contribution in [2.75, 3.05) is 41.7 Å². The molecule has 1 amide bonds. The maximum Gasteiger partial charge on any atom is 0.573 e. The predicted molar refractivity (Wildman–Crippen MR) is 141 cm³/mol. The van der Waals surface area contributed by atoms with Crippen LogP contribution < -0.4 is 20.3 Å². The minimum atomic E-state index is -4.69. The Morgan fingerprint density at radius 3 is 2.51 bits per heavy atom. The monoisotopic (exact) mass is 562 g/mol. The zero-order valence-corrected chi connectivity index (χ0v) is 21.9. The van der Waals surface area contributed by atoms with Gasteiger partial charge in [0.1, 0.15) is 5.75 Å². The molecule has 39 heavy (non-hydrogen) atoms. The summed E-state index contributed by atoms with van der Waals surface area (Å²) in [5.74, 6) is 0.815. The summed E-state index contributed by atoms with van der Waals surface area (Å²) in [6.45, 7) is 3.94. The van der Waals surface area contributed by atoms with Crippen LogP contribution >= 0.6 is 11.3 Å². The van der Waals surface area contributed by atoms with Gasteiger partial charge in [0.2, 0.25) is 16.2 Å². The first-order valence-electron chi connectivity index (χ1n) is 12.8. The molecule has 0 aliphatic carbocycles. The maximum absolute atomic E-state index is 12.6. The summed E-state index contributed by atoms with van der Waals surface area (Å²) >= 11 is 1.32. The Kier molecular flexibility index (Phi) is 8.41. The fourth-order valence-corrected chi connectivity index (χ4v) is 5.63. The number of hydrogen-bond donors (Lipinski definition) is 2. The lowest BCUT2D eigenvalue weighted by Gasteiger charge is -2.31. The highest BCUT2D eigenvalue weighted by Crippen LogP contribution is 2.27. The average molecular weight is 563 g/mol. The summed E-state index contributed by atoms with van der Waals surface area (Å²) < 4.78 is 40.9. The number of halogens is 3. The summed E-state index contributed by atoms with van der Waals surface area (Å²) in [5.41, 5.74) is 0.917. The fourth-order valence-electron chi connectivity index (χ4n) is 4.89. The molecule has 3 aromatic rings. The normalized spacial score (nSPS) is 18.7. The van der Waals surface area contributed by atoms with Gasteiger partial charge in [-0.15, -0.1) is 28.5 Å². The van der Waals surface area contributed by atoms with Crippen LogP contribution in [0.5, 0.6) is 5.75 Å². The van der Waals surface area contributed by atoms with E-state index < -0.39 is 6.36 Å². The highest BCUT2D eigenvalue weighted by atomic mass is 32.1. The number of hydrogen-bond acceptors (Lipinski definition) is 10. The van der Waals surface area contributed by atoms with Gasteiger partial charge in [0.05, 0.1) is 0 Å². The second-order valence-corrected chi connectivity index (χ2v) is 10.7. The highest BCUT2D eigenvalue weighted by molar-refractivity contribution is 7.19. The van der Waals surface area contributed by atoms with Gasteiger partial charge in [-0.05, 0) is 68.1 Å². The lowest BCUT2D eigenvalue weighted by molar-refractivity contribution is -0.274. The number of ether oxygens (including phenoxy) is 1. The molecule has 2 saturated heterocycles. The minimum absolute atomic E-state index is 0.0777. The van der Waals surface area contributed by atoms with Crippen molar-refractivity contribution in [2.24, 2.45) is 5.92 Å². The maximum atomic E-state index is 12.6. The molecular formula is C25H29F3N8O2S. The quantitative estimate of drug-likeness (QED) is 0.398. The third kappa shape index (κ3) is 7.99. The molecule has 1 aromatic carbocycles. The van der Waals surface area contributed by atoms with Gasteiger partial charge in [-0.25, -0.2) is 0 Å². The molecule has 2 aromatic heterocycles. The Balaban J connectivity index is 1.01. The zero-order chi connectivity index (χ0) is 27.2. The van der Waals surface area contributed by atoms with Gasteiger partial charge < -0.3 is 20.3 Å². The molecule has 0 saturated carbocycles. The number of likely N-dealkylation sites (tertiary alicyclic amines) is 1. The van der Waals surface area contributed by atoms with Crippen LogP contribution in [0.3, 0.4) is 0 Å². The van der Waals surface area contributed by atoms with Gasteiger partial charge >= 0.3 is 6.36 Å². The summed E-state index contributed by atoms with van der Waals surface area (Å²) in [7, 11) is 0. The van der Waals surface area contributed by atoms with E-state index in [0.29, 0.717) is 23.2 Å². The molecule has 10 nitrogen and oxygen atoms in total. The molecule has 4 heterocycles. The standard InChI is InChI=1S/C25H29F3N8O2S/c26-25(27,28)38-20-5-3-18(4-6-20)15-35-11-7-17(8-12-35)14-22(37)31-24-34-33-23(39-24)30-19-9-13-36(16-19)21-2-1-10-29-32-21/h1-6,10,17,19H,7-9,11-16H2,(H,30,33)(H,31,34,37)/t19-/m1/s1. The van der Waals surface area contributed by atoms with E-state index >= 15 is 0 Å². The van der Waals surface area contributed by atoms with Crippen molar-refractivity contribution in [1.29, 1.82) is 0 Å². The van der Waals surface area contributed by atoms with Gasteiger partial charge in [0.15, 0.2) is 5.82 Å². The van der Waals surface area contributed by atoms with Crippen molar-refractivity contribution < 1.29 is 22.7 Å². The number of carbonyl (C=O) groups is 1. The predicted octanol–water partition coefficient (Wildman–Crippen LogP) is 4.16. The molecule has 0 radical (unpaired) electrons. The number of rotatable bonds is 9. The molecular weight excluding hydrogens is 533 g/mol. The van der Waals surface area contributed by atoms with E-state index in [4.69, 9.17) is 0 Å². The Bertz CT molecular complexity index is 1220. The van der Waals surface area contributed by atoms with E-state index in [1.807, 2.05) is 12.1 Å². The largest absolute Gasteiger partial charge is 0.573 e. The number of carbonyl (C=O) groups excluding carboxylic acids is 1. The van der Waals surface area contributed by atoms with Crippen LogP contribution in [-0.4, -0.2) is 69.8 Å². The lowest BCUT2D eigenvalue weighted by atomic mass is 9.93.